The van der Waals surface area contributed by atoms with E-state index in [4.69, 9.17) is 9.84 Å². The predicted molar refractivity (Wildman–Crippen MR) is 64.9 cm³/mol. The van der Waals surface area contributed by atoms with Gasteiger partial charge < -0.3 is 9.84 Å². The Kier molecular flexibility index (Phi) is 3.78. The Balaban J connectivity index is 2.32. The molecule has 0 saturated heterocycles. The van der Waals surface area contributed by atoms with Crippen LogP contribution in [0.5, 0.6) is 5.75 Å². The summed E-state index contributed by atoms with van der Waals surface area (Å²) in [6, 6.07) is 7.62. The molecule has 0 atom stereocenters. The Morgan fingerprint density at radius 2 is 2.00 bits per heavy atom. The molecule has 106 valence electrons. The monoisotopic (exact) mass is 285 g/mol. The minimum absolute atomic E-state index is 0.0808. The average molecular weight is 285 g/mol. The van der Waals surface area contributed by atoms with Crippen molar-refractivity contribution in [2.45, 2.75) is 12.6 Å². The highest BCUT2D eigenvalue weighted by atomic mass is 19.4. The highest BCUT2D eigenvalue weighted by molar-refractivity contribution is 5.93. The van der Waals surface area contributed by atoms with Crippen molar-refractivity contribution < 1.29 is 27.8 Å². The summed E-state index contributed by atoms with van der Waals surface area (Å²) in [7, 11) is 0. The molecule has 0 saturated carbocycles. The number of para-hydroxylation sites is 1. The van der Waals surface area contributed by atoms with Crippen molar-refractivity contribution in [2.75, 3.05) is 6.61 Å². The molecule has 0 amide bonds. The molecule has 0 bridgehead atoms. The van der Waals surface area contributed by atoms with E-state index in [0.29, 0.717) is 10.9 Å². The standard InChI is InChI=1S/C13H10F3NO3/c14-13(15,16)5-6-20-11-7-10(12(18)19)17-9-4-2-1-3-8(9)11/h1-4,7H,5-6H2,(H,18,19). The molecule has 0 aliphatic heterocycles. The number of hydrogen-bond acceptors (Lipinski definition) is 3. The number of pyridine rings is 1. The molecule has 1 aromatic carbocycles. The Hall–Kier alpha value is -2.31. The second-order valence-electron chi connectivity index (χ2n) is 4.04. The van der Waals surface area contributed by atoms with Crippen LogP contribution in [0.15, 0.2) is 30.3 Å². The van der Waals surface area contributed by atoms with E-state index in [2.05, 4.69) is 4.98 Å². The molecule has 7 heteroatoms. The molecule has 2 rings (SSSR count). The molecular weight excluding hydrogens is 275 g/mol. The van der Waals surface area contributed by atoms with Gasteiger partial charge in [0, 0.05) is 11.5 Å². The maximum Gasteiger partial charge on any atom is 0.392 e. The van der Waals surface area contributed by atoms with E-state index in [-0.39, 0.29) is 11.4 Å². The number of aromatic carboxylic acids is 1. The van der Waals surface area contributed by atoms with Gasteiger partial charge in [0.2, 0.25) is 0 Å². The summed E-state index contributed by atoms with van der Waals surface area (Å²) in [5.41, 5.74) is 0.0834. The van der Waals surface area contributed by atoms with Gasteiger partial charge in [-0.2, -0.15) is 13.2 Å². The number of ether oxygens (including phenoxy) is 1. The van der Waals surface area contributed by atoms with Gasteiger partial charge in [0.15, 0.2) is 5.69 Å². The fraction of sp³-hybridized carbons (Fsp3) is 0.231. The van der Waals surface area contributed by atoms with Gasteiger partial charge in [-0.1, -0.05) is 12.1 Å². The van der Waals surface area contributed by atoms with E-state index >= 15 is 0 Å². The maximum absolute atomic E-state index is 12.1. The lowest BCUT2D eigenvalue weighted by Gasteiger charge is -2.11. The summed E-state index contributed by atoms with van der Waals surface area (Å²) < 4.78 is 41.3. The van der Waals surface area contributed by atoms with Gasteiger partial charge in [-0.05, 0) is 12.1 Å². The lowest BCUT2D eigenvalue weighted by molar-refractivity contribution is -0.139. The minimum Gasteiger partial charge on any atom is -0.492 e. The molecule has 1 aromatic heterocycles. The van der Waals surface area contributed by atoms with Crippen molar-refractivity contribution in [3.8, 4) is 5.75 Å². The summed E-state index contributed by atoms with van der Waals surface area (Å²) in [6.45, 7) is -0.573. The van der Waals surface area contributed by atoms with Crippen molar-refractivity contribution >= 4 is 16.9 Å². The van der Waals surface area contributed by atoms with Crippen LogP contribution in [-0.4, -0.2) is 28.8 Å². The van der Waals surface area contributed by atoms with Crippen LogP contribution in [0.4, 0.5) is 13.2 Å². The van der Waals surface area contributed by atoms with Crippen molar-refractivity contribution in [2.24, 2.45) is 0 Å². The molecule has 1 heterocycles. The quantitative estimate of drug-likeness (QED) is 0.936. The van der Waals surface area contributed by atoms with E-state index in [1.54, 1.807) is 24.3 Å². The number of nitrogens with zero attached hydrogens (tertiary/aromatic N) is 1. The number of aromatic nitrogens is 1. The van der Waals surface area contributed by atoms with E-state index in [9.17, 15) is 18.0 Å². The molecule has 0 radical (unpaired) electrons. The number of alkyl halides is 3. The zero-order valence-corrected chi connectivity index (χ0v) is 10.1. The van der Waals surface area contributed by atoms with Gasteiger partial charge in [-0.3, -0.25) is 0 Å². The number of carbonyl (C=O) groups is 1. The summed E-state index contributed by atoms with van der Waals surface area (Å²) in [5, 5.41) is 9.40. The lowest BCUT2D eigenvalue weighted by atomic mass is 10.2. The first kappa shape index (κ1) is 14.1. The van der Waals surface area contributed by atoms with Gasteiger partial charge in [0.1, 0.15) is 5.75 Å². The molecule has 1 N–H and O–H groups in total. The lowest BCUT2D eigenvalue weighted by Crippen LogP contribution is -2.13. The summed E-state index contributed by atoms with van der Waals surface area (Å²) in [4.78, 5) is 14.8. The first-order valence-electron chi connectivity index (χ1n) is 5.69. The molecule has 20 heavy (non-hydrogen) atoms. The Bertz CT molecular complexity index is 640. The molecule has 4 nitrogen and oxygen atoms in total. The number of carboxylic acids is 1. The van der Waals surface area contributed by atoms with Crippen molar-refractivity contribution in [3.63, 3.8) is 0 Å². The van der Waals surface area contributed by atoms with Crippen LogP contribution in [0.25, 0.3) is 10.9 Å². The van der Waals surface area contributed by atoms with E-state index in [1.165, 1.54) is 0 Å². The number of fused-ring (bicyclic) bond motifs is 1. The summed E-state index contributed by atoms with van der Waals surface area (Å²) >= 11 is 0. The largest absolute Gasteiger partial charge is 0.492 e. The normalized spacial score (nSPS) is 11.6. The zero-order valence-electron chi connectivity index (χ0n) is 10.1. The maximum atomic E-state index is 12.1. The molecule has 0 aliphatic rings. The number of halogens is 3. The van der Waals surface area contributed by atoms with E-state index < -0.39 is 25.2 Å². The second kappa shape index (κ2) is 5.36. The van der Waals surface area contributed by atoms with Crippen molar-refractivity contribution in [3.05, 3.63) is 36.0 Å². The summed E-state index contributed by atoms with van der Waals surface area (Å²) in [6.07, 6.45) is -5.43. The van der Waals surface area contributed by atoms with Crippen LogP contribution in [0, 0.1) is 0 Å². The third-order valence-corrected chi connectivity index (χ3v) is 2.54. The molecular formula is C13H10F3NO3. The van der Waals surface area contributed by atoms with Crippen LogP contribution < -0.4 is 4.74 Å². The minimum atomic E-state index is -4.32. The highest BCUT2D eigenvalue weighted by Gasteiger charge is 2.27. The number of benzene rings is 1. The average Bonchev–Trinajstić information content (AvgIpc) is 2.36. The van der Waals surface area contributed by atoms with Gasteiger partial charge >= 0.3 is 12.1 Å². The molecule has 0 fully saturated rings. The van der Waals surface area contributed by atoms with Gasteiger partial charge in [0.05, 0.1) is 18.5 Å². The Labute approximate surface area is 111 Å². The van der Waals surface area contributed by atoms with E-state index in [0.717, 1.165) is 6.07 Å². The number of carboxylic acid groups (broad SMARTS) is 1. The number of rotatable bonds is 4. The second-order valence-corrected chi connectivity index (χ2v) is 4.04. The van der Waals surface area contributed by atoms with Gasteiger partial charge in [0.25, 0.3) is 0 Å². The van der Waals surface area contributed by atoms with Crippen LogP contribution in [-0.2, 0) is 0 Å². The highest BCUT2D eigenvalue weighted by Crippen LogP contribution is 2.27. The topological polar surface area (TPSA) is 59.4 Å². The van der Waals surface area contributed by atoms with Gasteiger partial charge in [-0.25, -0.2) is 9.78 Å². The van der Waals surface area contributed by atoms with Gasteiger partial charge in [-0.15, -0.1) is 0 Å². The smallest absolute Gasteiger partial charge is 0.392 e. The third kappa shape index (κ3) is 3.37. The molecule has 0 unspecified atom stereocenters. The van der Waals surface area contributed by atoms with Crippen LogP contribution >= 0.6 is 0 Å². The van der Waals surface area contributed by atoms with Crippen LogP contribution in [0.3, 0.4) is 0 Å². The fourth-order valence-electron chi connectivity index (χ4n) is 1.65. The molecule has 0 spiro atoms. The molecule has 2 aromatic rings. The van der Waals surface area contributed by atoms with Crippen molar-refractivity contribution in [1.29, 1.82) is 0 Å². The predicted octanol–water partition coefficient (Wildman–Crippen LogP) is 3.26. The summed E-state index contributed by atoms with van der Waals surface area (Å²) in [5.74, 6) is -1.19. The third-order valence-electron chi connectivity index (χ3n) is 2.54. The van der Waals surface area contributed by atoms with Crippen LogP contribution in [0.1, 0.15) is 16.9 Å². The Morgan fingerprint density at radius 3 is 2.65 bits per heavy atom. The van der Waals surface area contributed by atoms with Crippen molar-refractivity contribution in [1.82, 2.24) is 4.98 Å². The van der Waals surface area contributed by atoms with Crippen LogP contribution in [0.2, 0.25) is 0 Å². The van der Waals surface area contributed by atoms with E-state index in [1.807, 2.05) is 0 Å². The first-order chi connectivity index (χ1) is 9.37. The Morgan fingerprint density at radius 1 is 1.30 bits per heavy atom. The SMILES string of the molecule is O=C(O)c1cc(OCCC(F)(F)F)c2ccccc2n1. The first-order valence-corrected chi connectivity index (χ1v) is 5.69. The number of hydrogen-bond donors (Lipinski definition) is 1. The zero-order chi connectivity index (χ0) is 14.8. The fourth-order valence-corrected chi connectivity index (χ4v) is 1.65. The molecule has 0 aliphatic carbocycles.